The van der Waals surface area contributed by atoms with Crippen LogP contribution in [0.15, 0.2) is 18.2 Å². The molecule has 21 heavy (non-hydrogen) atoms. The van der Waals surface area contributed by atoms with Crippen molar-refractivity contribution in [3.8, 4) is 11.5 Å². The van der Waals surface area contributed by atoms with Gasteiger partial charge in [-0.1, -0.05) is 6.07 Å². The van der Waals surface area contributed by atoms with Gasteiger partial charge in [-0.15, -0.1) is 0 Å². The lowest BCUT2D eigenvalue weighted by atomic mass is 9.91. The molecule has 0 bridgehead atoms. The van der Waals surface area contributed by atoms with Gasteiger partial charge in [0.15, 0.2) is 11.5 Å². The number of carboxylic acids is 1. The number of carbonyl (C=O) groups is 2. The number of hydrogen-bond donors (Lipinski definition) is 2. The first kappa shape index (κ1) is 15.0. The fourth-order valence-electron chi connectivity index (χ4n) is 2.31. The number of nitrogens with one attached hydrogen (secondary N) is 1. The second-order valence-corrected chi connectivity index (χ2v) is 4.48. The average Bonchev–Trinajstić information content (AvgIpc) is 2.80. The van der Waals surface area contributed by atoms with Crippen LogP contribution in [0.5, 0.6) is 11.5 Å². The van der Waals surface area contributed by atoms with Crippen molar-refractivity contribution in [2.45, 2.75) is 25.0 Å². The Morgan fingerprint density at radius 2 is 2.14 bits per heavy atom. The van der Waals surface area contributed by atoms with E-state index in [1.54, 1.807) is 0 Å². The van der Waals surface area contributed by atoms with Gasteiger partial charge in [-0.3, -0.25) is 4.79 Å². The van der Waals surface area contributed by atoms with E-state index in [9.17, 15) is 18.4 Å². The first-order chi connectivity index (χ1) is 9.92. The summed E-state index contributed by atoms with van der Waals surface area (Å²) >= 11 is 0. The van der Waals surface area contributed by atoms with E-state index in [1.807, 2.05) is 0 Å². The van der Waals surface area contributed by atoms with Gasteiger partial charge >= 0.3 is 12.6 Å². The number of rotatable bonds is 5. The van der Waals surface area contributed by atoms with Gasteiger partial charge in [0.25, 0.3) is 0 Å². The quantitative estimate of drug-likeness (QED) is 0.857. The second kappa shape index (κ2) is 5.94. The standard InChI is InChI=1S/C13H13F2NO5/c1-20-8-3-2-6(4-9(8)21-13(14)15)7-5-10(17)16-11(7)12(18)19/h2-4,7,11,13H,5H2,1H3,(H,16,17)(H,18,19). The zero-order valence-corrected chi connectivity index (χ0v) is 11.0. The topological polar surface area (TPSA) is 84.9 Å². The molecular weight excluding hydrogens is 288 g/mol. The first-order valence-electron chi connectivity index (χ1n) is 6.07. The zero-order valence-electron chi connectivity index (χ0n) is 11.0. The summed E-state index contributed by atoms with van der Waals surface area (Å²) in [5.41, 5.74) is 0.414. The van der Waals surface area contributed by atoms with Gasteiger partial charge in [0, 0.05) is 12.3 Å². The van der Waals surface area contributed by atoms with Crippen LogP contribution in [0.3, 0.4) is 0 Å². The van der Waals surface area contributed by atoms with Gasteiger partial charge in [0.05, 0.1) is 7.11 Å². The molecule has 0 saturated carbocycles. The van der Waals surface area contributed by atoms with E-state index < -0.39 is 30.4 Å². The fraction of sp³-hybridized carbons (Fsp3) is 0.385. The fourth-order valence-corrected chi connectivity index (χ4v) is 2.31. The molecule has 1 aliphatic rings. The molecule has 2 N–H and O–H groups in total. The number of amides is 1. The molecule has 0 aromatic heterocycles. The third-order valence-electron chi connectivity index (χ3n) is 3.22. The van der Waals surface area contributed by atoms with E-state index in [-0.39, 0.29) is 17.9 Å². The third kappa shape index (κ3) is 3.21. The lowest BCUT2D eigenvalue weighted by Gasteiger charge is -2.17. The van der Waals surface area contributed by atoms with Crippen molar-refractivity contribution in [3.05, 3.63) is 23.8 Å². The van der Waals surface area contributed by atoms with Gasteiger partial charge in [-0.2, -0.15) is 8.78 Å². The Bertz CT molecular complexity index is 563. The molecule has 1 fully saturated rings. The molecule has 1 saturated heterocycles. The number of halogens is 2. The summed E-state index contributed by atoms with van der Waals surface area (Å²) in [6, 6.07) is 3.10. The predicted octanol–water partition coefficient (Wildman–Crippen LogP) is 1.35. The second-order valence-electron chi connectivity index (χ2n) is 4.48. The first-order valence-corrected chi connectivity index (χ1v) is 6.07. The van der Waals surface area contributed by atoms with Crippen LogP contribution in [-0.4, -0.2) is 36.7 Å². The van der Waals surface area contributed by atoms with E-state index in [0.717, 1.165) is 0 Å². The van der Waals surface area contributed by atoms with Gasteiger partial charge in [-0.05, 0) is 17.7 Å². The summed E-state index contributed by atoms with van der Waals surface area (Å²) in [7, 11) is 1.30. The monoisotopic (exact) mass is 301 g/mol. The van der Waals surface area contributed by atoms with Gasteiger partial charge < -0.3 is 19.9 Å². The molecule has 8 heteroatoms. The molecule has 2 unspecified atom stereocenters. The van der Waals surface area contributed by atoms with Gasteiger partial charge in [-0.25, -0.2) is 4.79 Å². The summed E-state index contributed by atoms with van der Waals surface area (Å²) in [6.07, 6.45) is -0.0303. The number of benzene rings is 1. The summed E-state index contributed by atoms with van der Waals surface area (Å²) in [5.74, 6) is -2.34. The molecule has 114 valence electrons. The highest BCUT2D eigenvalue weighted by molar-refractivity contribution is 5.89. The number of aliphatic carboxylic acids is 1. The molecule has 1 heterocycles. The summed E-state index contributed by atoms with van der Waals surface area (Å²) < 4.78 is 34.0. The zero-order chi connectivity index (χ0) is 15.6. The van der Waals surface area contributed by atoms with E-state index in [0.29, 0.717) is 5.56 Å². The molecule has 0 spiro atoms. The maximum Gasteiger partial charge on any atom is 0.387 e. The molecule has 6 nitrogen and oxygen atoms in total. The Labute approximate surface area is 118 Å². The minimum atomic E-state index is -3.03. The van der Waals surface area contributed by atoms with E-state index in [1.165, 1.54) is 25.3 Å². The Balaban J connectivity index is 2.35. The molecule has 0 aliphatic carbocycles. The lowest BCUT2D eigenvalue weighted by molar-refractivity contribution is -0.140. The van der Waals surface area contributed by atoms with Crippen LogP contribution in [0.25, 0.3) is 0 Å². The van der Waals surface area contributed by atoms with Crippen LogP contribution in [0.1, 0.15) is 17.9 Å². The van der Waals surface area contributed by atoms with E-state index in [4.69, 9.17) is 9.84 Å². The van der Waals surface area contributed by atoms with Crippen LogP contribution in [0.4, 0.5) is 8.78 Å². The maximum absolute atomic E-state index is 12.4. The molecule has 1 aromatic rings. The van der Waals surface area contributed by atoms with Crippen molar-refractivity contribution in [1.29, 1.82) is 0 Å². The van der Waals surface area contributed by atoms with Crippen LogP contribution in [-0.2, 0) is 9.59 Å². The normalized spacial score (nSPS) is 21.2. The molecule has 1 aromatic carbocycles. The van der Waals surface area contributed by atoms with Crippen LogP contribution >= 0.6 is 0 Å². The Morgan fingerprint density at radius 3 is 2.71 bits per heavy atom. The summed E-state index contributed by atoms with van der Waals surface area (Å²) in [4.78, 5) is 22.5. The van der Waals surface area contributed by atoms with Crippen LogP contribution < -0.4 is 14.8 Å². The van der Waals surface area contributed by atoms with Crippen LogP contribution in [0, 0.1) is 0 Å². The molecule has 2 atom stereocenters. The van der Waals surface area contributed by atoms with Gasteiger partial charge in [0.1, 0.15) is 6.04 Å². The lowest BCUT2D eigenvalue weighted by Crippen LogP contribution is -2.36. The number of carboxylic acid groups (broad SMARTS) is 1. The van der Waals surface area contributed by atoms with Crippen molar-refractivity contribution in [3.63, 3.8) is 0 Å². The number of carbonyl (C=O) groups excluding carboxylic acids is 1. The van der Waals surface area contributed by atoms with Crippen molar-refractivity contribution < 1.29 is 33.0 Å². The minimum Gasteiger partial charge on any atom is -0.493 e. The highest BCUT2D eigenvalue weighted by Crippen LogP contribution is 2.36. The molecular formula is C13H13F2NO5. The SMILES string of the molecule is COc1ccc(C2CC(=O)NC2C(=O)O)cc1OC(F)F. The van der Waals surface area contributed by atoms with Crippen molar-refractivity contribution in [1.82, 2.24) is 5.32 Å². The van der Waals surface area contributed by atoms with E-state index >= 15 is 0 Å². The Kier molecular flexibility index (Phi) is 4.25. The van der Waals surface area contributed by atoms with Crippen LogP contribution in [0.2, 0.25) is 0 Å². The summed E-state index contributed by atoms with van der Waals surface area (Å²) in [6.45, 7) is -3.03. The average molecular weight is 301 g/mol. The van der Waals surface area contributed by atoms with Crippen molar-refractivity contribution >= 4 is 11.9 Å². The Hall–Kier alpha value is -2.38. The molecule has 1 aliphatic heterocycles. The largest absolute Gasteiger partial charge is 0.493 e. The number of methoxy groups -OCH3 is 1. The third-order valence-corrected chi connectivity index (χ3v) is 3.22. The molecule has 1 amide bonds. The Morgan fingerprint density at radius 1 is 1.43 bits per heavy atom. The maximum atomic E-state index is 12.4. The highest BCUT2D eigenvalue weighted by Gasteiger charge is 2.38. The van der Waals surface area contributed by atoms with E-state index in [2.05, 4.69) is 10.1 Å². The van der Waals surface area contributed by atoms with Crippen molar-refractivity contribution in [2.24, 2.45) is 0 Å². The van der Waals surface area contributed by atoms with Gasteiger partial charge in [0.2, 0.25) is 5.91 Å². The van der Waals surface area contributed by atoms with Crippen molar-refractivity contribution in [2.75, 3.05) is 7.11 Å². The molecule has 0 radical (unpaired) electrons. The highest BCUT2D eigenvalue weighted by atomic mass is 19.3. The minimum absolute atomic E-state index is 0.0303. The summed E-state index contributed by atoms with van der Waals surface area (Å²) in [5, 5.41) is 11.4. The number of ether oxygens (including phenoxy) is 2. The smallest absolute Gasteiger partial charge is 0.387 e. The number of alkyl halides is 2. The predicted molar refractivity (Wildman–Crippen MR) is 66.6 cm³/mol. The number of hydrogen-bond acceptors (Lipinski definition) is 4. The molecule has 2 rings (SSSR count).